The summed E-state index contributed by atoms with van der Waals surface area (Å²) in [7, 11) is 0. The van der Waals surface area contributed by atoms with Gasteiger partial charge in [-0.15, -0.1) is 91.1 Å². The van der Waals surface area contributed by atoms with Crippen LogP contribution >= 0.6 is 91.1 Å². The van der Waals surface area contributed by atoms with E-state index >= 15 is 0 Å². The molecule has 40 heavy (non-hydrogen) atoms. The molecule has 0 N–H and O–H groups in total. The third-order valence-electron chi connectivity index (χ3n) is 6.66. The molecular formula is C32H20S8. The van der Waals surface area contributed by atoms with Crippen LogP contribution in [-0.4, -0.2) is 0 Å². The fourth-order valence-corrected chi connectivity index (χ4v) is 13.2. The second-order valence-corrected chi connectivity index (χ2v) is 17.8. The first-order valence-electron chi connectivity index (χ1n) is 12.7. The van der Waals surface area contributed by atoms with E-state index in [2.05, 4.69) is 102 Å². The van der Waals surface area contributed by atoms with Crippen molar-refractivity contribution in [1.82, 2.24) is 0 Å². The molecule has 0 saturated carbocycles. The lowest BCUT2D eigenvalue weighted by molar-refractivity contribution is 1.02. The normalized spacial score (nSPS) is 15.2. The lowest BCUT2D eigenvalue weighted by atomic mass is 10.2. The minimum Gasteiger partial charge on any atom is -0.148 e. The average Bonchev–Trinajstić information content (AvgIpc) is 3.84. The summed E-state index contributed by atoms with van der Waals surface area (Å²) in [5.41, 5.74) is 0. The number of thiophene rings is 7. The highest BCUT2D eigenvalue weighted by atomic mass is 32.2. The molecule has 0 aliphatic carbocycles. The smallest absolute Gasteiger partial charge is 0.0473 e. The summed E-state index contributed by atoms with van der Waals surface area (Å²) in [6, 6.07) is 31.6. The van der Waals surface area contributed by atoms with Crippen molar-refractivity contribution in [2.45, 2.75) is 11.7 Å². The molecule has 0 amide bonds. The zero-order valence-electron chi connectivity index (χ0n) is 20.9. The minimum atomic E-state index is 0.579. The van der Waals surface area contributed by atoms with Gasteiger partial charge in [0.15, 0.2) is 0 Å². The van der Waals surface area contributed by atoms with Crippen molar-refractivity contribution in [3.8, 4) is 48.8 Å². The number of hydrogen-bond acceptors (Lipinski definition) is 8. The third-order valence-corrected chi connectivity index (χ3v) is 16.6. The van der Waals surface area contributed by atoms with Gasteiger partial charge in [-0.05, 0) is 90.0 Å². The molecule has 8 heteroatoms. The van der Waals surface area contributed by atoms with Crippen LogP contribution in [0.15, 0.2) is 102 Å². The fourth-order valence-electron chi connectivity index (χ4n) is 4.70. The van der Waals surface area contributed by atoms with Crippen LogP contribution in [0.5, 0.6) is 0 Å². The highest BCUT2D eigenvalue weighted by molar-refractivity contribution is 8.09. The van der Waals surface area contributed by atoms with E-state index in [4.69, 9.17) is 0 Å². The third kappa shape index (κ3) is 4.99. The molecule has 0 aromatic carbocycles. The van der Waals surface area contributed by atoms with Crippen LogP contribution < -0.4 is 0 Å². The van der Waals surface area contributed by atoms with Gasteiger partial charge >= 0.3 is 0 Å². The zero-order valence-corrected chi connectivity index (χ0v) is 27.4. The molecule has 8 rings (SSSR count). The van der Waals surface area contributed by atoms with Crippen molar-refractivity contribution in [3.05, 3.63) is 112 Å². The molecule has 0 nitrogen and oxygen atoms in total. The summed E-state index contributed by atoms with van der Waals surface area (Å²) in [5.74, 6) is 0. The van der Waals surface area contributed by atoms with Gasteiger partial charge in [0.05, 0.1) is 0 Å². The van der Waals surface area contributed by atoms with Crippen LogP contribution in [0.2, 0.25) is 0 Å². The molecule has 0 spiro atoms. The first-order valence-corrected chi connectivity index (χ1v) is 19.4. The fraction of sp³-hybridized carbons (Fsp3) is 0.0625. The molecule has 0 fully saturated rings. The number of hydrogen-bond donors (Lipinski definition) is 0. The van der Waals surface area contributed by atoms with Gasteiger partial charge in [0.2, 0.25) is 0 Å². The minimum absolute atomic E-state index is 0.579. The van der Waals surface area contributed by atoms with Crippen molar-refractivity contribution in [3.63, 3.8) is 0 Å². The van der Waals surface area contributed by atoms with E-state index < -0.39 is 0 Å². The maximum Gasteiger partial charge on any atom is 0.0473 e. The van der Waals surface area contributed by atoms with E-state index in [1.54, 1.807) is 0 Å². The molecule has 1 atom stereocenters. The van der Waals surface area contributed by atoms with Crippen molar-refractivity contribution >= 4 is 96.0 Å². The lowest BCUT2D eigenvalue weighted by Gasteiger charge is -2.06. The van der Waals surface area contributed by atoms with Gasteiger partial charge in [-0.2, -0.15) is 0 Å². The molecule has 1 aliphatic rings. The first-order chi connectivity index (χ1) is 19.8. The first kappa shape index (κ1) is 25.7. The second-order valence-electron chi connectivity index (χ2n) is 9.22. The summed E-state index contributed by atoms with van der Waals surface area (Å²) in [6.07, 6.45) is 3.56. The Morgan fingerprint density at radius 1 is 0.425 bits per heavy atom. The van der Waals surface area contributed by atoms with Crippen LogP contribution in [-0.2, 0) is 0 Å². The number of rotatable bonds is 7. The van der Waals surface area contributed by atoms with E-state index in [0.717, 1.165) is 6.42 Å². The molecule has 0 radical (unpaired) electrons. The van der Waals surface area contributed by atoms with Gasteiger partial charge in [0.25, 0.3) is 0 Å². The standard InChI is InChI=1S/C32H20S8/c1-3-19(33-17-1)21-5-7-23(35-21)25-9-11-27(37-25)29-13-15-31(39-29)32-16-14-30(40-32)28-12-10-26(38-28)24-8-6-22(36-24)20-4-2-18-34-20/h1-5,7-18,22H,6H2/t22-/m0/s1. The summed E-state index contributed by atoms with van der Waals surface area (Å²) >= 11 is 15.2. The van der Waals surface area contributed by atoms with Crippen molar-refractivity contribution in [2.75, 3.05) is 0 Å². The Bertz CT molecular complexity index is 1910. The summed E-state index contributed by atoms with van der Waals surface area (Å²) in [6.45, 7) is 0. The Kier molecular flexibility index (Phi) is 7.06. The molecular weight excluding hydrogens is 641 g/mol. The zero-order chi connectivity index (χ0) is 26.5. The van der Waals surface area contributed by atoms with Crippen LogP contribution in [0.3, 0.4) is 0 Å². The number of allylic oxidation sites excluding steroid dienone is 1. The maximum atomic E-state index is 2.43. The average molecular weight is 661 g/mol. The van der Waals surface area contributed by atoms with Crippen molar-refractivity contribution in [1.29, 1.82) is 0 Å². The summed E-state index contributed by atoms with van der Waals surface area (Å²) < 4.78 is 0. The summed E-state index contributed by atoms with van der Waals surface area (Å²) in [4.78, 5) is 17.8. The van der Waals surface area contributed by atoms with Gasteiger partial charge in [0, 0.05) is 68.7 Å². The Morgan fingerprint density at radius 3 is 1.30 bits per heavy atom. The molecule has 7 aromatic heterocycles. The van der Waals surface area contributed by atoms with E-state index in [9.17, 15) is 0 Å². The van der Waals surface area contributed by atoms with Gasteiger partial charge in [-0.3, -0.25) is 0 Å². The SMILES string of the molecule is C1=C(c2ccc(-c3ccc(-c4ccc(-c5ccc(-c6ccc(-c7cccs7)s6)s5)s4)s3)s2)S[C@H](c2cccs2)C1. The quantitative estimate of drug-likeness (QED) is 0.164. The monoisotopic (exact) mass is 660 g/mol. The van der Waals surface area contributed by atoms with Crippen LogP contribution in [0.25, 0.3) is 53.7 Å². The van der Waals surface area contributed by atoms with Crippen LogP contribution in [0.1, 0.15) is 21.4 Å². The van der Waals surface area contributed by atoms with Gasteiger partial charge in [-0.25, -0.2) is 0 Å². The van der Waals surface area contributed by atoms with Crippen LogP contribution in [0, 0.1) is 0 Å². The molecule has 0 saturated heterocycles. The van der Waals surface area contributed by atoms with Gasteiger partial charge in [-0.1, -0.05) is 18.2 Å². The predicted molar refractivity (Wildman–Crippen MR) is 188 cm³/mol. The Labute approximate surface area is 265 Å². The van der Waals surface area contributed by atoms with E-state index in [1.807, 2.05) is 91.1 Å². The van der Waals surface area contributed by atoms with E-state index in [1.165, 1.54) is 63.4 Å². The molecule has 8 heterocycles. The topological polar surface area (TPSA) is 0 Å². The lowest BCUT2D eigenvalue weighted by Crippen LogP contribution is -1.81. The molecule has 7 aromatic rings. The van der Waals surface area contributed by atoms with Gasteiger partial charge in [0.1, 0.15) is 0 Å². The highest BCUT2D eigenvalue weighted by Crippen LogP contribution is 2.52. The highest BCUT2D eigenvalue weighted by Gasteiger charge is 2.23. The maximum absolute atomic E-state index is 2.43. The Morgan fingerprint density at radius 2 is 0.850 bits per heavy atom. The predicted octanol–water partition coefficient (Wildman–Crippen LogP) is 13.7. The van der Waals surface area contributed by atoms with Crippen molar-refractivity contribution in [2.24, 2.45) is 0 Å². The van der Waals surface area contributed by atoms with E-state index in [0.29, 0.717) is 5.25 Å². The van der Waals surface area contributed by atoms with Crippen molar-refractivity contribution < 1.29 is 0 Å². The Hall–Kier alpha value is -2.01. The van der Waals surface area contributed by atoms with Gasteiger partial charge < -0.3 is 0 Å². The molecule has 1 aliphatic heterocycles. The molecule has 196 valence electrons. The number of thioether (sulfide) groups is 1. The van der Waals surface area contributed by atoms with Crippen LogP contribution in [0.4, 0.5) is 0 Å². The second kappa shape index (κ2) is 11.0. The largest absolute Gasteiger partial charge is 0.148 e. The molecule has 0 unspecified atom stereocenters. The Balaban J connectivity index is 0.976. The van der Waals surface area contributed by atoms with E-state index in [-0.39, 0.29) is 0 Å². The molecule has 0 bridgehead atoms. The summed E-state index contributed by atoms with van der Waals surface area (Å²) in [5, 5.41) is 4.91.